The van der Waals surface area contributed by atoms with Gasteiger partial charge in [-0.2, -0.15) is 0 Å². The van der Waals surface area contributed by atoms with Crippen molar-refractivity contribution in [3.05, 3.63) is 29.8 Å². The zero-order valence-corrected chi connectivity index (χ0v) is 9.88. The first-order valence-corrected chi connectivity index (χ1v) is 6.00. The Morgan fingerprint density at radius 2 is 2.00 bits per heavy atom. The first-order chi connectivity index (χ1) is 7.13. The van der Waals surface area contributed by atoms with Crippen LogP contribution in [-0.2, 0) is 11.2 Å². The van der Waals surface area contributed by atoms with Crippen molar-refractivity contribution in [1.82, 2.24) is 0 Å². The molecule has 0 amide bonds. The van der Waals surface area contributed by atoms with E-state index in [2.05, 4.69) is 19.1 Å². The largest absolute Gasteiger partial charge is 0.480 e. The summed E-state index contributed by atoms with van der Waals surface area (Å²) in [5.41, 5.74) is 1.31. The zero-order valence-electron chi connectivity index (χ0n) is 9.06. The van der Waals surface area contributed by atoms with Crippen LogP contribution in [0.2, 0.25) is 0 Å². The fraction of sp³-hybridized carbons (Fsp3) is 0.417. The first kappa shape index (κ1) is 12.1. The van der Waals surface area contributed by atoms with Crippen molar-refractivity contribution >= 4 is 17.7 Å². The molecule has 1 unspecified atom stereocenters. The number of carbonyl (C=O) groups is 1. The summed E-state index contributed by atoms with van der Waals surface area (Å²) < 4.78 is 0. The number of thioether (sulfide) groups is 1. The van der Waals surface area contributed by atoms with Crippen molar-refractivity contribution < 1.29 is 9.90 Å². The number of carboxylic acid groups (broad SMARTS) is 1. The maximum absolute atomic E-state index is 10.7. The zero-order chi connectivity index (χ0) is 11.3. The highest BCUT2D eigenvalue weighted by atomic mass is 32.2. The molecular formula is C12H16O2S. The van der Waals surface area contributed by atoms with Crippen molar-refractivity contribution in [1.29, 1.82) is 0 Å². The third-order valence-electron chi connectivity index (χ3n) is 2.12. The Bertz CT molecular complexity index is 319. The van der Waals surface area contributed by atoms with Gasteiger partial charge in [0.05, 0.1) is 0 Å². The molecule has 82 valence electrons. The second kappa shape index (κ2) is 5.81. The van der Waals surface area contributed by atoms with E-state index in [0.29, 0.717) is 0 Å². The molecule has 1 aromatic carbocycles. The summed E-state index contributed by atoms with van der Waals surface area (Å²) in [6, 6.07) is 8.13. The Hall–Kier alpha value is -0.960. The molecule has 1 atom stereocenters. The molecule has 0 aromatic heterocycles. The minimum atomic E-state index is -0.766. The van der Waals surface area contributed by atoms with Crippen molar-refractivity contribution in [3.63, 3.8) is 0 Å². The van der Waals surface area contributed by atoms with Crippen LogP contribution in [0.1, 0.15) is 25.8 Å². The molecule has 0 aliphatic heterocycles. The number of aryl methyl sites for hydroxylation is 1. The summed E-state index contributed by atoms with van der Waals surface area (Å²) >= 11 is 1.38. The summed E-state index contributed by atoms with van der Waals surface area (Å²) in [7, 11) is 0. The summed E-state index contributed by atoms with van der Waals surface area (Å²) in [5, 5.41) is 8.37. The average Bonchev–Trinajstić information content (AvgIpc) is 2.21. The lowest BCUT2D eigenvalue weighted by molar-refractivity contribution is -0.136. The molecular weight excluding hydrogens is 208 g/mol. The lowest BCUT2D eigenvalue weighted by Gasteiger charge is -2.06. The Labute approximate surface area is 94.7 Å². The highest BCUT2D eigenvalue weighted by molar-refractivity contribution is 8.00. The molecule has 0 fully saturated rings. The Balaban J connectivity index is 2.60. The molecule has 0 saturated carbocycles. The molecule has 0 heterocycles. The van der Waals surface area contributed by atoms with E-state index < -0.39 is 5.97 Å². The van der Waals surface area contributed by atoms with Crippen LogP contribution in [0.5, 0.6) is 0 Å². The molecule has 3 heteroatoms. The quantitative estimate of drug-likeness (QED) is 0.780. The minimum absolute atomic E-state index is 0.387. The van der Waals surface area contributed by atoms with E-state index in [4.69, 9.17) is 5.11 Å². The van der Waals surface area contributed by atoms with Crippen LogP contribution in [0.4, 0.5) is 0 Å². The molecule has 0 bridgehead atoms. The van der Waals surface area contributed by atoms with Crippen molar-refractivity contribution in [2.24, 2.45) is 0 Å². The number of hydrogen-bond acceptors (Lipinski definition) is 2. The normalized spacial score (nSPS) is 12.4. The van der Waals surface area contributed by atoms with Gasteiger partial charge >= 0.3 is 5.97 Å². The summed E-state index contributed by atoms with van der Waals surface area (Å²) in [6.07, 6.45) is 2.22. The Morgan fingerprint density at radius 3 is 2.47 bits per heavy atom. The van der Waals surface area contributed by atoms with Crippen LogP contribution in [-0.4, -0.2) is 16.3 Å². The first-order valence-electron chi connectivity index (χ1n) is 5.12. The molecule has 0 saturated heterocycles. The van der Waals surface area contributed by atoms with E-state index in [1.807, 2.05) is 12.1 Å². The van der Waals surface area contributed by atoms with Crippen LogP contribution < -0.4 is 0 Å². The van der Waals surface area contributed by atoms with Gasteiger partial charge in [-0.15, -0.1) is 11.8 Å². The van der Waals surface area contributed by atoms with Crippen LogP contribution in [0.3, 0.4) is 0 Å². The van der Waals surface area contributed by atoms with Crippen LogP contribution in [0.25, 0.3) is 0 Å². The van der Waals surface area contributed by atoms with E-state index in [-0.39, 0.29) is 5.25 Å². The number of benzene rings is 1. The van der Waals surface area contributed by atoms with E-state index in [9.17, 15) is 4.79 Å². The fourth-order valence-electron chi connectivity index (χ4n) is 1.28. The molecule has 0 aliphatic rings. The van der Waals surface area contributed by atoms with Gasteiger partial charge in [-0.25, -0.2) is 0 Å². The Morgan fingerprint density at radius 1 is 1.40 bits per heavy atom. The van der Waals surface area contributed by atoms with E-state index in [0.717, 1.165) is 17.7 Å². The van der Waals surface area contributed by atoms with E-state index in [1.165, 1.54) is 17.3 Å². The molecule has 1 aromatic rings. The maximum Gasteiger partial charge on any atom is 0.316 e. The summed E-state index contributed by atoms with van der Waals surface area (Å²) in [4.78, 5) is 11.7. The van der Waals surface area contributed by atoms with E-state index in [1.54, 1.807) is 6.92 Å². The van der Waals surface area contributed by atoms with Crippen LogP contribution in [0.15, 0.2) is 29.2 Å². The van der Waals surface area contributed by atoms with Crippen LogP contribution in [0, 0.1) is 0 Å². The van der Waals surface area contributed by atoms with E-state index >= 15 is 0 Å². The van der Waals surface area contributed by atoms with Gasteiger partial charge in [-0.3, -0.25) is 4.79 Å². The molecule has 0 spiro atoms. The highest BCUT2D eigenvalue weighted by Gasteiger charge is 2.11. The van der Waals surface area contributed by atoms with Gasteiger partial charge in [-0.1, -0.05) is 25.5 Å². The predicted octanol–water partition coefficient (Wildman–Crippen LogP) is 3.20. The standard InChI is InChI=1S/C12H16O2S/c1-3-4-10-5-7-11(8-6-10)15-9(2)12(13)14/h5-9H,3-4H2,1-2H3,(H,13,14). The molecule has 0 aliphatic carbocycles. The molecule has 1 N–H and O–H groups in total. The fourth-order valence-corrected chi connectivity index (χ4v) is 2.08. The highest BCUT2D eigenvalue weighted by Crippen LogP contribution is 2.23. The molecule has 15 heavy (non-hydrogen) atoms. The third-order valence-corrected chi connectivity index (χ3v) is 3.22. The number of hydrogen-bond donors (Lipinski definition) is 1. The third kappa shape index (κ3) is 3.96. The topological polar surface area (TPSA) is 37.3 Å². The van der Waals surface area contributed by atoms with Crippen molar-refractivity contribution in [2.45, 2.75) is 36.8 Å². The lowest BCUT2D eigenvalue weighted by atomic mass is 10.1. The van der Waals surface area contributed by atoms with Gasteiger partial charge in [-0.05, 0) is 31.0 Å². The van der Waals surface area contributed by atoms with Gasteiger partial charge in [0.2, 0.25) is 0 Å². The predicted molar refractivity (Wildman–Crippen MR) is 63.4 cm³/mol. The second-order valence-electron chi connectivity index (χ2n) is 3.49. The monoisotopic (exact) mass is 224 g/mol. The molecule has 2 nitrogen and oxygen atoms in total. The van der Waals surface area contributed by atoms with Crippen LogP contribution >= 0.6 is 11.8 Å². The van der Waals surface area contributed by atoms with Gasteiger partial charge in [0.15, 0.2) is 0 Å². The second-order valence-corrected chi connectivity index (χ2v) is 4.91. The van der Waals surface area contributed by atoms with Crippen molar-refractivity contribution in [2.75, 3.05) is 0 Å². The van der Waals surface area contributed by atoms with Gasteiger partial charge in [0, 0.05) is 4.90 Å². The average molecular weight is 224 g/mol. The van der Waals surface area contributed by atoms with Gasteiger partial charge in [0.1, 0.15) is 5.25 Å². The smallest absolute Gasteiger partial charge is 0.316 e. The summed E-state index contributed by atoms with van der Waals surface area (Å²) in [6.45, 7) is 3.85. The number of aliphatic carboxylic acids is 1. The number of rotatable bonds is 5. The minimum Gasteiger partial charge on any atom is -0.480 e. The van der Waals surface area contributed by atoms with Gasteiger partial charge < -0.3 is 5.11 Å². The molecule has 0 radical (unpaired) electrons. The van der Waals surface area contributed by atoms with Gasteiger partial charge in [0.25, 0.3) is 0 Å². The number of carboxylic acids is 1. The maximum atomic E-state index is 10.7. The molecule has 1 rings (SSSR count). The summed E-state index contributed by atoms with van der Waals surface area (Å²) in [5.74, 6) is -0.766. The Kier molecular flexibility index (Phi) is 4.69. The SMILES string of the molecule is CCCc1ccc(SC(C)C(=O)O)cc1. The van der Waals surface area contributed by atoms with Crippen molar-refractivity contribution in [3.8, 4) is 0 Å². The lowest BCUT2D eigenvalue weighted by Crippen LogP contribution is -2.10.